The lowest BCUT2D eigenvalue weighted by molar-refractivity contribution is 0.0933. The molecular weight excluding hydrogens is 338 g/mol. The van der Waals surface area contributed by atoms with E-state index in [1.807, 2.05) is 0 Å². The molecule has 1 aromatic carbocycles. The number of carbonyl (C=O) groups is 1. The van der Waals surface area contributed by atoms with Gasteiger partial charge in [0, 0.05) is 31.5 Å². The van der Waals surface area contributed by atoms with E-state index in [0.717, 1.165) is 25.7 Å². The van der Waals surface area contributed by atoms with Crippen molar-refractivity contribution in [3.8, 4) is 17.2 Å². The molecule has 2 heterocycles. The van der Waals surface area contributed by atoms with Gasteiger partial charge in [0.2, 0.25) is 18.6 Å². The molecule has 4 rings (SSSR count). The molecule has 1 N–H and O–H groups in total. The number of aromatic nitrogens is 2. The highest BCUT2D eigenvalue weighted by molar-refractivity contribution is 5.98. The van der Waals surface area contributed by atoms with Crippen LogP contribution in [0.15, 0.2) is 16.5 Å². The summed E-state index contributed by atoms with van der Waals surface area (Å²) in [5, 5.41) is 11.0. The molecule has 1 saturated carbocycles. The minimum absolute atomic E-state index is 0.117. The first kappa shape index (κ1) is 16.7. The smallest absolute Gasteiger partial charge is 0.255 e. The van der Waals surface area contributed by atoms with E-state index in [9.17, 15) is 4.79 Å². The Morgan fingerprint density at radius 2 is 2.08 bits per heavy atom. The lowest BCUT2D eigenvalue weighted by Crippen LogP contribution is -2.33. The van der Waals surface area contributed by atoms with Crippen LogP contribution >= 0.6 is 0 Å². The first-order valence-electron chi connectivity index (χ1n) is 8.70. The molecule has 26 heavy (non-hydrogen) atoms. The maximum Gasteiger partial charge on any atom is 0.255 e. The molecule has 2 aromatic rings. The lowest BCUT2D eigenvalue weighted by Gasteiger charge is -2.15. The van der Waals surface area contributed by atoms with Gasteiger partial charge in [-0.1, -0.05) is 0 Å². The number of fused-ring (bicyclic) bond motifs is 1. The van der Waals surface area contributed by atoms with Crippen LogP contribution in [0, 0.1) is 12.8 Å². The second-order valence-corrected chi connectivity index (χ2v) is 6.67. The van der Waals surface area contributed by atoms with Gasteiger partial charge < -0.3 is 23.9 Å². The van der Waals surface area contributed by atoms with Gasteiger partial charge >= 0.3 is 0 Å². The molecular formula is C18H21N3O5. The van der Waals surface area contributed by atoms with Crippen LogP contribution in [0.4, 0.5) is 0 Å². The number of amides is 1. The Kier molecular flexibility index (Phi) is 4.40. The molecule has 138 valence electrons. The lowest BCUT2D eigenvalue weighted by atomic mass is 10.0. The molecule has 0 spiro atoms. The van der Waals surface area contributed by atoms with Crippen LogP contribution < -0.4 is 19.5 Å². The molecule has 1 aromatic heterocycles. The molecule has 1 aliphatic heterocycles. The Bertz CT molecular complexity index is 819. The molecule has 1 amide bonds. The fraction of sp³-hybridized carbons (Fsp3) is 0.500. The second kappa shape index (κ2) is 6.86. The number of hydrogen-bond donors (Lipinski definition) is 1. The predicted octanol–water partition coefficient (Wildman–Crippen LogP) is 2.26. The molecule has 0 saturated heterocycles. The van der Waals surface area contributed by atoms with Gasteiger partial charge in [0.25, 0.3) is 5.91 Å². The van der Waals surface area contributed by atoms with E-state index in [0.29, 0.717) is 40.5 Å². The highest BCUT2D eigenvalue weighted by Crippen LogP contribution is 2.38. The van der Waals surface area contributed by atoms with Crippen molar-refractivity contribution in [3.05, 3.63) is 29.5 Å². The average molecular weight is 359 g/mol. The van der Waals surface area contributed by atoms with Crippen molar-refractivity contribution in [2.24, 2.45) is 5.92 Å². The summed E-state index contributed by atoms with van der Waals surface area (Å²) in [5.41, 5.74) is 0.452. The van der Waals surface area contributed by atoms with E-state index in [4.69, 9.17) is 18.6 Å². The third-order valence-electron chi connectivity index (χ3n) is 4.85. The van der Waals surface area contributed by atoms with Crippen molar-refractivity contribution in [2.45, 2.75) is 38.6 Å². The summed E-state index contributed by atoms with van der Waals surface area (Å²) in [6, 6.07) is 3.48. The standard InChI is InChI=1S/C18H21N3O5/c1-10-20-21-17(26-10)6-11-3-4-12(5-11)19-18(22)13-7-15-16(25-9-24-15)8-14(13)23-2/h7-8,11-12H,3-6,9H2,1-2H3,(H,19,22)/t11-,12+/m1/s1. The SMILES string of the molecule is COc1cc2c(cc1C(=O)N[C@H]1CC[C@@H](Cc3nnc(C)o3)C1)OCO2. The van der Waals surface area contributed by atoms with Gasteiger partial charge in [-0.05, 0) is 25.2 Å². The average Bonchev–Trinajstić information content (AvgIpc) is 3.35. The topological polar surface area (TPSA) is 95.7 Å². The van der Waals surface area contributed by atoms with Crippen LogP contribution in [0.3, 0.4) is 0 Å². The zero-order valence-corrected chi connectivity index (χ0v) is 14.8. The molecule has 1 aliphatic carbocycles. The third-order valence-corrected chi connectivity index (χ3v) is 4.85. The number of carbonyl (C=O) groups excluding carboxylic acids is 1. The maximum absolute atomic E-state index is 12.7. The first-order chi connectivity index (χ1) is 12.6. The van der Waals surface area contributed by atoms with E-state index < -0.39 is 0 Å². The molecule has 8 heteroatoms. The van der Waals surface area contributed by atoms with Gasteiger partial charge in [-0.15, -0.1) is 10.2 Å². The van der Waals surface area contributed by atoms with Crippen LogP contribution in [-0.4, -0.2) is 36.0 Å². The zero-order valence-electron chi connectivity index (χ0n) is 14.8. The van der Waals surface area contributed by atoms with Gasteiger partial charge in [-0.3, -0.25) is 4.79 Å². The molecule has 8 nitrogen and oxygen atoms in total. The first-order valence-corrected chi connectivity index (χ1v) is 8.70. The Morgan fingerprint density at radius 1 is 1.27 bits per heavy atom. The van der Waals surface area contributed by atoms with Crippen molar-refractivity contribution in [1.82, 2.24) is 15.5 Å². The summed E-state index contributed by atoms with van der Waals surface area (Å²) >= 11 is 0. The predicted molar refractivity (Wildman–Crippen MR) is 90.5 cm³/mol. The Hall–Kier alpha value is -2.77. The monoisotopic (exact) mass is 359 g/mol. The summed E-state index contributed by atoms with van der Waals surface area (Å²) in [6.45, 7) is 1.94. The van der Waals surface area contributed by atoms with Crippen molar-refractivity contribution < 1.29 is 23.4 Å². The molecule has 0 unspecified atom stereocenters. The van der Waals surface area contributed by atoms with Crippen LogP contribution in [0.25, 0.3) is 0 Å². The number of methoxy groups -OCH3 is 1. The van der Waals surface area contributed by atoms with Gasteiger partial charge in [-0.2, -0.15) is 0 Å². The van der Waals surface area contributed by atoms with E-state index in [1.54, 1.807) is 19.1 Å². The summed E-state index contributed by atoms with van der Waals surface area (Å²) in [6.07, 6.45) is 3.58. The minimum Gasteiger partial charge on any atom is -0.496 e. The highest BCUT2D eigenvalue weighted by Gasteiger charge is 2.29. The number of hydrogen-bond acceptors (Lipinski definition) is 7. The number of nitrogens with zero attached hydrogens (tertiary/aromatic N) is 2. The molecule has 0 bridgehead atoms. The fourth-order valence-corrected chi connectivity index (χ4v) is 3.59. The summed E-state index contributed by atoms with van der Waals surface area (Å²) in [7, 11) is 1.53. The largest absolute Gasteiger partial charge is 0.496 e. The van der Waals surface area contributed by atoms with Crippen molar-refractivity contribution in [2.75, 3.05) is 13.9 Å². The van der Waals surface area contributed by atoms with Gasteiger partial charge in [0.05, 0.1) is 12.7 Å². The van der Waals surface area contributed by atoms with E-state index in [2.05, 4.69) is 15.5 Å². The highest BCUT2D eigenvalue weighted by atomic mass is 16.7. The number of rotatable bonds is 5. The van der Waals surface area contributed by atoms with Crippen LogP contribution in [0.2, 0.25) is 0 Å². The molecule has 2 atom stereocenters. The van der Waals surface area contributed by atoms with Crippen molar-refractivity contribution >= 4 is 5.91 Å². The minimum atomic E-state index is -0.167. The number of aryl methyl sites for hydroxylation is 1. The molecule has 2 aliphatic rings. The van der Waals surface area contributed by atoms with Gasteiger partial charge in [-0.25, -0.2) is 0 Å². The normalized spacial score (nSPS) is 21.0. The van der Waals surface area contributed by atoms with E-state index >= 15 is 0 Å². The van der Waals surface area contributed by atoms with Crippen LogP contribution in [-0.2, 0) is 6.42 Å². The fourth-order valence-electron chi connectivity index (χ4n) is 3.59. The summed E-state index contributed by atoms with van der Waals surface area (Å²) in [4.78, 5) is 12.7. The second-order valence-electron chi connectivity index (χ2n) is 6.67. The Balaban J connectivity index is 1.39. The molecule has 1 fully saturated rings. The van der Waals surface area contributed by atoms with Gasteiger partial charge in [0.1, 0.15) is 5.75 Å². The molecule has 0 radical (unpaired) electrons. The summed E-state index contributed by atoms with van der Waals surface area (Å²) in [5.74, 6) is 3.14. The van der Waals surface area contributed by atoms with E-state index in [-0.39, 0.29) is 18.7 Å². The zero-order chi connectivity index (χ0) is 18.1. The van der Waals surface area contributed by atoms with Crippen molar-refractivity contribution in [3.63, 3.8) is 0 Å². The number of nitrogens with one attached hydrogen (secondary N) is 1. The van der Waals surface area contributed by atoms with Crippen LogP contribution in [0.1, 0.15) is 41.4 Å². The van der Waals surface area contributed by atoms with Gasteiger partial charge in [0.15, 0.2) is 11.5 Å². The quantitative estimate of drug-likeness (QED) is 0.875. The number of benzene rings is 1. The maximum atomic E-state index is 12.7. The summed E-state index contributed by atoms with van der Waals surface area (Å²) < 4.78 is 21.5. The van der Waals surface area contributed by atoms with Crippen LogP contribution in [0.5, 0.6) is 17.2 Å². The van der Waals surface area contributed by atoms with E-state index in [1.165, 1.54) is 7.11 Å². The Morgan fingerprint density at radius 3 is 2.81 bits per heavy atom. The van der Waals surface area contributed by atoms with Crippen molar-refractivity contribution in [1.29, 1.82) is 0 Å². The number of ether oxygens (including phenoxy) is 3. The third kappa shape index (κ3) is 3.31. The Labute approximate surface area is 150 Å².